The molecule has 3 N–H and O–H groups in total. The number of guanidine groups is 1. The van der Waals surface area contributed by atoms with Gasteiger partial charge < -0.3 is 16.0 Å². The van der Waals surface area contributed by atoms with Crippen LogP contribution in [0.4, 0.5) is 0 Å². The quantitative estimate of drug-likeness (QED) is 0.355. The minimum atomic E-state index is -3.16. The van der Waals surface area contributed by atoms with Gasteiger partial charge in [0.05, 0.1) is 4.75 Å². The van der Waals surface area contributed by atoms with Crippen LogP contribution in [0.3, 0.4) is 0 Å². The van der Waals surface area contributed by atoms with Crippen molar-refractivity contribution < 1.29 is 13.2 Å². The van der Waals surface area contributed by atoms with E-state index in [-0.39, 0.29) is 42.3 Å². The van der Waals surface area contributed by atoms with Crippen LogP contribution in [0.25, 0.3) is 0 Å². The minimum Gasteiger partial charge on any atom is -0.370 e. The smallest absolute Gasteiger partial charge is 0.217 e. The van der Waals surface area contributed by atoms with Crippen molar-refractivity contribution in [1.82, 2.24) is 10.2 Å². The molecule has 0 aromatic rings. The number of hydrogen-bond acceptors (Lipinski definition) is 4. The fraction of sp³-hybridized carbons (Fsp3) is 0.857. The molecule has 0 aromatic heterocycles. The maximum atomic E-state index is 11.8. The summed E-state index contributed by atoms with van der Waals surface area (Å²) >= 11 is 0. The number of amides is 1. The van der Waals surface area contributed by atoms with E-state index in [1.54, 1.807) is 20.9 Å². The number of nitrogens with one attached hydrogen (secondary N) is 1. The van der Waals surface area contributed by atoms with Gasteiger partial charge in [-0.05, 0) is 32.6 Å². The lowest BCUT2D eigenvalue weighted by molar-refractivity contribution is -0.119. The van der Waals surface area contributed by atoms with E-state index in [0.29, 0.717) is 18.9 Å². The van der Waals surface area contributed by atoms with Crippen molar-refractivity contribution in [2.45, 2.75) is 37.9 Å². The molecule has 0 bridgehead atoms. The Labute approximate surface area is 156 Å². The molecule has 1 saturated heterocycles. The second-order valence-corrected chi connectivity index (χ2v) is 9.21. The average molecular weight is 460 g/mol. The van der Waals surface area contributed by atoms with Gasteiger partial charge >= 0.3 is 0 Å². The number of rotatable bonds is 5. The molecule has 1 atom stereocenters. The maximum Gasteiger partial charge on any atom is 0.217 e. The van der Waals surface area contributed by atoms with Crippen LogP contribution in [0.15, 0.2) is 4.99 Å². The van der Waals surface area contributed by atoms with Gasteiger partial charge in [-0.1, -0.05) is 0 Å². The highest BCUT2D eigenvalue weighted by Gasteiger charge is 2.31. The average Bonchev–Trinajstić information content (AvgIpc) is 2.37. The van der Waals surface area contributed by atoms with E-state index >= 15 is 0 Å². The van der Waals surface area contributed by atoms with E-state index in [1.165, 1.54) is 6.26 Å². The van der Waals surface area contributed by atoms with Crippen LogP contribution in [0, 0.1) is 5.92 Å². The first kappa shape index (κ1) is 22.4. The van der Waals surface area contributed by atoms with Crippen LogP contribution in [0.5, 0.6) is 0 Å². The summed E-state index contributed by atoms with van der Waals surface area (Å²) in [5.41, 5.74) is 5.27. The topological polar surface area (TPSA) is 105 Å². The van der Waals surface area contributed by atoms with Gasteiger partial charge in [0.15, 0.2) is 15.8 Å². The van der Waals surface area contributed by atoms with Gasteiger partial charge in [-0.2, -0.15) is 0 Å². The summed E-state index contributed by atoms with van der Waals surface area (Å²) in [5, 5.41) is 3.14. The highest BCUT2D eigenvalue weighted by molar-refractivity contribution is 14.0. The van der Waals surface area contributed by atoms with Crippen LogP contribution >= 0.6 is 24.0 Å². The molecule has 1 rings (SSSR count). The molecule has 1 fully saturated rings. The standard InChI is InChI=1S/C14H28N4O3S.HI/c1-14(2,22(4,20)21)10-17-13(16-3)18-7-5-6-11(9-18)8-12(15)19;/h11H,5-10H2,1-4H3,(H2,15,19)(H,16,17);1H. The summed E-state index contributed by atoms with van der Waals surface area (Å²) in [6.45, 7) is 5.22. The molecule has 0 aliphatic carbocycles. The molecule has 136 valence electrons. The maximum absolute atomic E-state index is 11.8. The molecule has 0 saturated carbocycles. The molecular weight excluding hydrogens is 431 g/mol. The predicted molar refractivity (Wildman–Crippen MR) is 104 cm³/mol. The van der Waals surface area contributed by atoms with Crippen molar-refractivity contribution in [3.05, 3.63) is 0 Å². The van der Waals surface area contributed by atoms with Gasteiger partial charge in [-0.15, -0.1) is 24.0 Å². The number of halogens is 1. The van der Waals surface area contributed by atoms with Gasteiger partial charge in [0.1, 0.15) is 0 Å². The normalized spacial score (nSPS) is 19.9. The monoisotopic (exact) mass is 460 g/mol. The van der Waals surface area contributed by atoms with Crippen molar-refractivity contribution in [3.8, 4) is 0 Å². The summed E-state index contributed by atoms with van der Waals surface area (Å²) in [6.07, 6.45) is 3.56. The SMILES string of the molecule is CN=C(NCC(C)(C)S(C)(=O)=O)N1CCCC(CC(N)=O)C1.I. The molecule has 0 radical (unpaired) electrons. The zero-order chi connectivity index (χ0) is 17.0. The molecule has 9 heteroatoms. The summed E-state index contributed by atoms with van der Waals surface area (Å²) in [4.78, 5) is 17.4. The molecule has 7 nitrogen and oxygen atoms in total. The molecule has 23 heavy (non-hydrogen) atoms. The van der Waals surface area contributed by atoms with Crippen LogP contribution in [-0.2, 0) is 14.6 Å². The number of likely N-dealkylation sites (tertiary alicyclic amines) is 1. The minimum absolute atomic E-state index is 0. The van der Waals surface area contributed by atoms with Crippen LogP contribution < -0.4 is 11.1 Å². The van der Waals surface area contributed by atoms with E-state index in [4.69, 9.17) is 5.73 Å². The molecule has 1 aliphatic heterocycles. The number of hydrogen-bond donors (Lipinski definition) is 2. The Morgan fingerprint density at radius 3 is 2.52 bits per heavy atom. The lowest BCUT2D eigenvalue weighted by Gasteiger charge is -2.35. The molecule has 1 heterocycles. The van der Waals surface area contributed by atoms with Crippen molar-refractivity contribution >= 4 is 45.7 Å². The van der Waals surface area contributed by atoms with Gasteiger partial charge in [0.2, 0.25) is 5.91 Å². The largest absolute Gasteiger partial charge is 0.370 e. The number of carbonyl (C=O) groups excluding carboxylic acids is 1. The van der Waals surface area contributed by atoms with Crippen molar-refractivity contribution in [2.24, 2.45) is 16.6 Å². The Bertz CT molecular complexity index is 534. The first-order valence-electron chi connectivity index (χ1n) is 7.50. The molecular formula is C14H29IN4O3S. The van der Waals surface area contributed by atoms with Crippen LogP contribution in [0.2, 0.25) is 0 Å². The van der Waals surface area contributed by atoms with Crippen molar-refractivity contribution in [1.29, 1.82) is 0 Å². The number of aliphatic imine (C=N–C) groups is 1. The molecule has 1 amide bonds. The third-order valence-electron chi connectivity index (χ3n) is 4.20. The molecule has 0 spiro atoms. The van der Waals surface area contributed by atoms with E-state index < -0.39 is 14.6 Å². The first-order chi connectivity index (χ1) is 10.1. The van der Waals surface area contributed by atoms with E-state index in [2.05, 4.69) is 15.2 Å². The third-order valence-corrected chi connectivity index (χ3v) is 6.35. The second kappa shape index (κ2) is 9.05. The third kappa shape index (κ3) is 6.82. The summed E-state index contributed by atoms with van der Waals surface area (Å²) < 4.78 is 22.6. The number of sulfone groups is 1. The fourth-order valence-electron chi connectivity index (χ4n) is 2.46. The summed E-state index contributed by atoms with van der Waals surface area (Å²) in [7, 11) is -1.49. The number of piperidine rings is 1. The Kier molecular flexibility index (Phi) is 8.82. The lowest BCUT2D eigenvalue weighted by Crippen LogP contribution is -2.51. The Balaban J connectivity index is 0.00000484. The zero-order valence-electron chi connectivity index (χ0n) is 14.3. The highest BCUT2D eigenvalue weighted by Crippen LogP contribution is 2.20. The molecule has 1 unspecified atom stereocenters. The number of nitrogens with two attached hydrogens (primary N) is 1. The van der Waals surface area contributed by atoms with Crippen molar-refractivity contribution in [3.63, 3.8) is 0 Å². The van der Waals surface area contributed by atoms with Gasteiger partial charge in [-0.3, -0.25) is 9.79 Å². The van der Waals surface area contributed by atoms with Crippen LogP contribution in [-0.4, -0.2) is 62.9 Å². The summed E-state index contributed by atoms with van der Waals surface area (Å²) in [5.74, 6) is 0.617. The Morgan fingerprint density at radius 2 is 2.04 bits per heavy atom. The van der Waals surface area contributed by atoms with Gasteiger partial charge in [0, 0.05) is 39.4 Å². The Hall–Kier alpha value is -0.580. The molecule has 0 aromatic carbocycles. The summed E-state index contributed by atoms with van der Waals surface area (Å²) in [6, 6.07) is 0. The fourth-order valence-corrected chi connectivity index (χ4v) is 2.80. The number of carbonyl (C=O) groups is 1. The second-order valence-electron chi connectivity index (χ2n) is 6.56. The van der Waals surface area contributed by atoms with E-state index in [9.17, 15) is 13.2 Å². The first-order valence-corrected chi connectivity index (χ1v) is 9.39. The molecule has 1 aliphatic rings. The predicted octanol–water partition coefficient (Wildman–Crippen LogP) is 0.590. The number of nitrogens with zero attached hydrogens (tertiary/aromatic N) is 2. The highest BCUT2D eigenvalue weighted by atomic mass is 127. The van der Waals surface area contributed by atoms with Crippen molar-refractivity contribution in [2.75, 3.05) is 32.9 Å². The number of primary amides is 1. The zero-order valence-corrected chi connectivity index (χ0v) is 17.5. The van der Waals surface area contributed by atoms with Gasteiger partial charge in [-0.25, -0.2) is 8.42 Å². The van der Waals surface area contributed by atoms with Gasteiger partial charge in [0.25, 0.3) is 0 Å². The Morgan fingerprint density at radius 1 is 1.43 bits per heavy atom. The van der Waals surface area contributed by atoms with E-state index in [1.807, 2.05) is 0 Å². The van der Waals surface area contributed by atoms with Crippen LogP contribution in [0.1, 0.15) is 33.1 Å². The van der Waals surface area contributed by atoms with E-state index in [0.717, 1.165) is 19.4 Å². The lowest BCUT2D eigenvalue weighted by atomic mass is 9.95.